The molecule has 2 aromatic heterocycles. The van der Waals surface area contributed by atoms with Crippen LogP contribution in [-0.2, 0) is 33.7 Å². The van der Waals surface area contributed by atoms with Crippen molar-refractivity contribution in [1.82, 2.24) is 15.0 Å². The Bertz CT molecular complexity index is 1570. The lowest BCUT2D eigenvalue weighted by molar-refractivity contribution is -0.144. The van der Waals surface area contributed by atoms with Crippen LogP contribution in [0, 0.1) is 24.7 Å². The number of fused-ring (bicyclic) bond motifs is 2. The molecular formula is C38H49N3O4. The van der Waals surface area contributed by atoms with E-state index in [0.717, 1.165) is 96.5 Å². The monoisotopic (exact) mass is 611 g/mol. The number of imidazole rings is 1. The van der Waals surface area contributed by atoms with Gasteiger partial charge in [0.15, 0.2) is 0 Å². The number of H-pyrrole nitrogens is 1. The van der Waals surface area contributed by atoms with E-state index in [1.807, 2.05) is 18.3 Å². The summed E-state index contributed by atoms with van der Waals surface area (Å²) >= 11 is 0. The van der Waals surface area contributed by atoms with Gasteiger partial charge < -0.3 is 19.2 Å². The molecule has 7 nitrogen and oxygen atoms in total. The first-order valence-corrected chi connectivity index (χ1v) is 16.8. The molecule has 1 aliphatic heterocycles. The number of esters is 1. The van der Waals surface area contributed by atoms with Gasteiger partial charge in [0.05, 0.1) is 24.1 Å². The predicted molar refractivity (Wildman–Crippen MR) is 179 cm³/mol. The van der Waals surface area contributed by atoms with Gasteiger partial charge in [-0.25, -0.2) is 4.98 Å². The lowest BCUT2D eigenvalue weighted by Gasteiger charge is -2.22. The minimum absolute atomic E-state index is 0.0786. The maximum atomic E-state index is 12.8. The molecule has 0 saturated carbocycles. The van der Waals surface area contributed by atoms with Crippen molar-refractivity contribution < 1.29 is 19.0 Å². The molecule has 3 unspecified atom stereocenters. The summed E-state index contributed by atoms with van der Waals surface area (Å²) in [5, 5.41) is 0. The van der Waals surface area contributed by atoms with Gasteiger partial charge in [-0.2, -0.15) is 0 Å². The molecule has 0 spiro atoms. The Morgan fingerprint density at radius 3 is 2.76 bits per heavy atom. The zero-order valence-corrected chi connectivity index (χ0v) is 27.7. The van der Waals surface area contributed by atoms with Crippen LogP contribution in [0.3, 0.4) is 0 Å². The van der Waals surface area contributed by atoms with Crippen molar-refractivity contribution in [1.29, 1.82) is 0 Å². The Morgan fingerprint density at radius 1 is 1.11 bits per heavy atom. The van der Waals surface area contributed by atoms with Crippen LogP contribution in [-0.4, -0.2) is 34.6 Å². The number of aromatic amines is 1. The second kappa shape index (κ2) is 15.5. The van der Waals surface area contributed by atoms with Crippen molar-refractivity contribution in [3.8, 4) is 11.5 Å². The molecule has 2 aliphatic rings. The highest BCUT2D eigenvalue weighted by Crippen LogP contribution is 2.36. The molecule has 0 radical (unpaired) electrons. The van der Waals surface area contributed by atoms with Crippen molar-refractivity contribution in [3.05, 3.63) is 82.5 Å². The second-order valence-electron chi connectivity index (χ2n) is 12.5. The Labute approximate surface area is 268 Å². The van der Waals surface area contributed by atoms with Gasteiger partial charge in [-0.15, -0.1) is 0 Å². The van der Waals surface area contributed by atoms with Crippen LogP contribution in [0.1, 0.15) is 88.4 Å². The largest absolute Gasteiger partial charge is 0.466 e. The number of aromatic nitrogens is 3. The number of hydrogen-bond donors (Lipinski definition) is 1. The number of ether oxygens (including phenoxy) is 3. The Balaban J connectivity index is 1.31. The zero-order chi connectivity index (χ0) is 31.8. The number of hydrogen-bond acceptors (Lipinski definition) is 6. The highest BCUT2D eigenvalue weighted by atomic mass is 16.5. The smallest absolute Gasteiger partial charge is 0.306 e. The van der Waals surface area contributed by atoms with Gasteiger partial charge in [-0.05, 0) is 98.8 Å². The normalized spacial score (nSPS) is 20.9. The summed E-state index contributed by atoms with van der Waals surface area (Å²) in [5.74, 6) is 3.38. The number of benzene rings is 1. The van der Waals surface area contributed by atoms with Crippen molar-refractivity contribution in [3.63, 3.8) is 0 Å². The van der Waals surface area contributed by atoms with Gasteiger partial charge in [0.1, 0.15) is 23.9 Å². The van der Waals surface area contributed by atoms with Gasteiger partial charge in [-0.1, -0.05) is 45.1 Å². The Morgan fingerprint density at radius 2 is 1.98 bits per heavy atom. The number of pyridine rings is 1. The summed E-state index contributed by atoms with van der Waals surface area (Å²) < 4.78 is 17.5. The van der Waals surface area contributed by atoms with E-state index in [2.05, 4.69) is 68.0 Å². The molecule has 1 aromatic carbocycles. The first kappa shape index (κ1) is 32.7. The number of nitrogens with zero attached hydrogens (tertiary/aromatic N) is 2. The summed E-state index contributed by atoms with van der Waals surface area (Å²) in [6.07, 6.45) is 19.2. The number of nitrogens with one attached hydrogen (secondary N) is 1. The summed E-state index contributed by atoms with van der Waals surface area (Å²) in [5.41, 5.74) is 7.74. The molecule has 1 aliphatic carbocycles. The van der Waals surface area contributed by atoms with Crippen LogP contribution in [0.5, 0.6) is 11.5 Å². The van der Waals surface area contributed by atoms with E-state index in [4.69, 9.17) is 19.2 Å². The Hall–Kier alpha value is -3.71. The number of methoxy groups -OCH3 is 1. The van der Waals surface area contributed by atoms with Crippen molar-refractivity contribution >= 4 is 17.0 Å². The van der Waals surface area contributed by atoms with E-state index in [0.29, 0.717) is 31.5 Å². The maximum Gasteiger partial charge on any atom is 0.306 e. The van der Waals surface area contributed by atoms with Gasteiger partial charge >= 0.3 is 5.97 Å². The van der Waals surface area contributed by atoms with Crippen molar-refractivity contribution in [2.24, 2.45) is 17.8 Å². The lowest BCUT2D eigenvalue weighted by atomic mass is 9.82. The molecule has 5 rings (SSSR count). The fraction of sp³-hybridized carbons (Fsp3) is 0.500. The van der Waals surface area contributed by atoms with Gasteiger partial charge in [0.25, 0.3) is 0 Å². The maximum absolute atomic E-state index is 12.8. The van der Waals surface area contributed by atoms with Gasteiger partial charge in [0.2, 0.25) is 0 Å². The molecule has 0 amide bonds. The fourth-order valence-corrected chi connectivity index (χ4v) is 6.60. The van der Waals surface area contributed by atoms with E-state index in [1.165, 1.54) is 11.1 Å². The quantitative estimate of drug-likeness (QED) is 0.230. The summed E-state index contributed by atoms with van der Waals surface area (Å²) in [6.45, 7) is 9.50. The van der Waals surface area contributed by atoms with Crippen LogP contribution in [0.4, 0.5) is 0 Å². The van der Waals surface area contributed by atoms with E-state index in [9.17, 15) is 4.79 Å². The average Bonchev–Trinajstić information content (AvgIpc) is 3.32. The predicted octanol–water partition coefficient (Wildman–Crippen LogP) is 8.91. The zero-order valence-electron chi connectivity index (χ0n) is 27.7. The number of rotatable bonds is 10. The minimum Gasteiger partial charge on any atom is -0.466 e. The molecular weight excluding hydrogens is 562 g/mol. The van der Waals surface area contributed by atoms with E-state index < -0.39 is 0 Å². The van der Waals surface area contributed by atoms with Crippen molar-refractivity contribution in [2.45, 2.75) is 92.1 Å². The average molecular weight is 612 g/mol. The molecule has 1 saturated heterocycles. The van der Waals surface area contributed by atoms with Crippen LogP contribution in [0.15, 0.2) is 59.8 Å². The summed E-state index contributed by atoms with van der Waals surface area (Å²) in [6, 6.07) is 6.14. The third kappa shape index (κ3) is 8.31. The molecule has 1 N–H and O–H groups in total. The minimum atomic E-state index is -0.0786. The summed E-state index contributed by atoms with van der Waals surface area (Å²) in [7, 11) is 1.67. The molecule has 7 heteroatoms. The van der Waals surface area contributed by atoms with Crippen LogP contribution in [0.2, 0.25) is 0 Å². The van der Waals surface area contributed by atoms with Gasteiger partial charge in [0, 0.05) is 36.7 Å². The molecule has 45 heavy (non-hydrogen) atoms. The summed E-state index contributed by atoms with van der Waals surface area (Å²) in [4.78, 5) is 25.7. The molecule has 1 fully saturated rings. The molecule has 0 bridgehead atoms. The van der Waals surface area contributed by atoms with Crippen molar-refractivity contribution in [2.75, 3.05) is 13.7 Å². The van der Waals surface area contributed by atoms with Crippen LogP contribution in [0.25, 0.3) is 11.0 Å². The fourth-order valence-electron chi connectivity index (χ4n) is 6.60. The van der Waals surface area contributed by atoms with E-state index in [1.54, 1.807) is 7.11 Å². The SMILES string of the molecule is CCc1cnc(CCC2CCOC(=O)CC(CC)C3=CC(CC)C=CC=C3CC2)cc1Oc1cc(C)c2nc(COC)[nH]c2c1. The Kier molecular flexibility index (Phi) is 11.3. The molecule has 3 aromatic rings. The standard InChI is InChI=1S/C38H49N3O4/c1-6-26-10-9-11-30-14-12-27(16-17-44-37(42)20-28(7-2)33(30)19-26)13-15-31-21-35(29(8-3)23-39-31)45-32-18-25(4)38-34(22-32)40-36(41-38)24-43-5/h9-11,18-19,21-23,26-28H,6-8,12-17,20,24H2,1-5H3,(H,40,41). The number of allylic oxidation sites excluding steroid dienone is 6. The number of aryl methyl sites for hydroxylation is 3. The molecule has 3 atom stereocenters. The number of cyclic esters (lactones) is 1. The van der Waals surface area contributed by atoms with E-state index >= 15 is 0 Å². The lowest BCUT2D eigenvalue weighted by Crippen LogP contribution is -2.15. The highest BCUT2D eigenvalue weighted by Gasteiger charge is 2.24. The molecule has 240 valence electrons. The first-order valence-electron chi connectivity index (χ1n) is 16.8. The topological polar surface area (TPSA) is 86.3 Å². The third-order valence-electron chi connectivity index (χ3n) is 9.35. The van der Waals surface area contributed by atoms with E-state index in [-0.39, 0.29) is 11.9 Å². The number of carbonyl (C=O) groups excluding carboxylic acids is 1. The number of carbonyl (C=O) groups is 1. The highest BCUT2D eigenvalue weighted by molar-refractivity contribution is 5.80. The second-order valence-corrected chi connectivity index (χ2v) is 12.5. The van der Waals surface area contributed by atoms with Crippen LogP contribution < -0.4 is 4.74 Å². The third-order valence-corrected chi connectivity index (χ3v) is 9.35. The van der Waals surface area contributed by atoms with Crippen LogP contribution >= 0.6 is 0 Å². The first-order chi connectivity index (χ1) is 21.9. The van der Waals surface area contributed by atoms with Gasteiger partial charge in [-0.3, -0.25) is 9.78 Å². The molecule has 3 heterocycles.